The fourth-order valence-electron chi connectivity index (χ4n) is 3.11. The van der Waals surface area contributed by atoms with Crippen LogP contribution in [-0.2, 0) is 6.42 Å². The van der Waals surface area contributed by atoms with Gasteiger partial charge in [-0.2, -0.15) is 0 Å². The molecule has 1 aliphatic rings. The molecule has 0 aliphatic carbocycles. The number of ketones is 1. The van der Waals surface area contributed by atoms with E-state index in [1.165, 1.54) is 0 Å². The third-order valence-electron chi connectivity index (χ3n) is 4.13. The number of nitrogens with zero attached hydrogens (tertiary/aromatic N) is 2. The SMILES string of the molecule is CCc1c(-c2csc(N3CCNCC3)n2)[nH]c(C)c1C(C)=O.Cl.Cl. The van der Waals surface area contributed by atoms with Crippen LogP contribution >= 0.6 is 36.2 Å². The predicted octanol–water partition coefficient (Wildman–Crippen LogP) is 3.46. The van der Waals surface area contributed by atoms with E-state index in [1.54, 1.807) is 18.3 Å². The molecule has 0 unspecified atom stereocenters. The molecule has 1 fully saturated rings. The molecule has 1 saturated heterocycles. The number of aromatic amines is 1. The van der Waals surface area contributed by atoms with Gasteiger partial charge < -0.3 is 15.2 Å². The fraction of sp³-hybridized carbons (Fsp3) is 0.500. The lowest BCUT2D eigenvalue weighted by molar-refractivity contribution is 0.101. The van der Waals surface area contributed by atoms with E-state index in [-0.39, 0.29) is 30.6 Å². The van der Waals surface area contributed by atoms with Crippen LogP contribution in [0.2, 0.25) is 0 Å². The number of nitrogens with one attached hydrogen (secondary N) is 2. The Hall–Kier alpha value is -1.08. The highest BCUT2D eigenvalue weighted by atomic mass is 35.5. The highest BCUT2D eigenvalue weighted by molar-refractivity contribution is 7.14. The molecule has 0 saturated carbocycles. The van der Waals surface area contributed by atoms with Crippen LogP contribution in [-0.4, -0.2) is 41.9 Å². The van der Waals surface area contributed by atoms with Gasteiger partial charge in [-0.05, 0) is 25.8 Å². The molecule has 2 aromatic heterocycles. The zero-order chi connectivity index (χ0) is 15.7. The molecule has 0 atom stereocenters. The van der Waals surface area contributed by atoms with Crippen molar-refractivity contribution in [3.63, 3.8) is 0 Å². The molecule has 0 aromatic carbocycles. The van der Waals surface area contributed by atoms with Crippen molar-refractivity contribution < 1.29 is 4.79 Å². The van der Waals surface area contributed by atoms with Crippen molar-refractivity contribution in [3.8, 4) is 11.4 Å². The zero-order valence-electron chi connectivity index (χ0n) is 14.1. The monoisotopic (exact) mass is 390 g/mol. The fourth-order valence-corrected chi connectivity index (χ4v) is 3.98. The Balaban J connectivity index is 0.00000144. The van der Waals surface area contributed by atoms with Crippen molar-refractivity contribution in [3.05, 3.63) is 22.2 Å². The van der Waals surface area contributed by atoms with Crippen LogP contribution in [0.1, 0.15) is 35.5 Å². The van der Waals surface area contributed by atoms with Gasteiger partial charge in [0.05, 0.1) is 5.69 Å². The third kappa shape index (κ3) is 3.94. The summed E-state index contributed by atoms with van der Waals surface area (Å²) in [5, 5.41) is 6.51. The summed E-state index contributed by atoms with van der Waals surface area (Å²) in [7, 11) is 0. The molecular formula is C16H24Cl2N4OS. The summed E-state index contributed by atoms with van der Waals surface area (Å²) in [5.74, 6) is 0.120. The van der Waals surface area contributed by atoms with Gasteiger partial charge >= 0.3 is 0 Å². The van der Waals surface area contributed by atoms with Gasteiger partial charge in [-0.15, -0.1) is 36.2 Å². The normalized spacial score (nSPS) is 14.0. The standard InChI is InChI=1S/C16H22N4OS.2ClH/c1-4-12-14(11(3)21)10(2)18-15(12)13-9-22-16(19-13)20-7-5-17-6-8-20;;/h9,17-18H,4-8H2,1-3H3;2*1H. The average molecular weight is 391 g/mol. The van der Waals surface area contributed by atoms with E-state index in [0.717, 1.165) is 65.9 Å². The molecule has 8 heteroatoms. The van der Waals surface area contributed by atoms with Crippen LogP contribution in [0.25, 0.3) is 11.4 Å². The highest BCUT2D eigenvalue weighted by Gasteiger charge is 2.21. The maximum atomic E-state index is 11.9. The molecule has 0 bridgehead atoms. The number of aryl methyl sites for hydroxylation is 1. The zero-order valence-corrected chi connectivity index (χ0v) is 16.6. The molecule has 0 amide bonds. The molecule has 24 heavy (non-hydrogen) atoms. The van der Waals surface area contributed by atoms with Gasteiger partial charge in [-0.25, -0.2) is 4.98 Å². The lowest BCUT2D eigenvalue weighted by Gasteiger charge is -2.26. The molecule has 5 nitrogen and oxygen atoms in total. The summed E-state index contributed by atoms with van der Waals surface area (Å²) in [4.78, 5) is 22.4. The van der Waals surface area contributed by atoms with Crippen LogP contribution in [0, 0.1) is 6.92 Å². The first kappa shape index (κ1) is 21.0. The van der Waals surface area contributed by atoms with E-state index in [0.29, 0.717) is 0 Å². The van der Waals surface area contributed by atoms with E-state index in [1.807, 2.05) is 6.92 Å². The van der Waals surface area contributed by atoms with Gasteiger partial charge in [-0.3, -0.25) is 4.79 Å². The Labute approximate surface area is 159 Å². The number of anilines is 1. The summed E-state index contributed by atoms with van der Waals surface area (Å²) < 4.78 is 0. The van der Waals surface area contributed by atoms with Crippen molar-refractivity contribution in [2.45, 2.75) is 27.2 Å². The summed E-state index contributed by atoms with van der Waals surface area (Å²) in [6, 6.07) is 0. The summed E-state index contributed by atoms with van der Waals surface area (Å²) in [6.45, 7) is 9.68. The number of aromatic nitrogens is 2. The van der Waals surface area contributed by atoms with Gasteiger partial charge in [0, 0.05) is 42.8 Å². The van der Waals surface area contributed by atoms with Gasteiger partial charge in [0.2, 0.25) is 0 Å². The number of H-pyrrole nitrogens is 1. The Morgan fingerprint density at radius 1 is 1.33 bits per heavy atom. The van der Waals surface area contributed by atoms with E-state index in [2.05, 4.69) is 27.5 Å². The molecular weight excluding hydrogens is 367 g/mol. The number of rotatable bonds is 4. The van der Waals surface area contributed by atoms with Crippen molar-refractivity contribution in [2.24, 2.45) is 0 Å². The average Bonchev–Trinajstić information content (AvgIpc) is 3.12. The number of thiazole rings is 1. The lowest BCUT2D eigenvalue weighted by Crippen LogP contribution is -2.43. The van der Waals surface area contributed by atoms with Crippen molar-refractivity contribution >= 4 is 47.1 Å². The number of carbonyl (C=O) groups is 1. The Bertz CT molecular complexity index is 692. The first-order valence-electron chi connectivity index (χ1n) is 7.75. The topological polar surface area (TPSA) is 61.0 Å². The molecule has 1 aliphatic heterocycles. The number of piperazine rings is 1. The van der Waals surface area contributed by atoms with Crippen LogP contribution in [0.5, 0.6) is 0 Å². The first-order valence-corrected chi connectivity index (χ1v) is 8.63. The van der Waals surface area contributed by atoms with E-state index >= 15 is 0 Å². The van der Waals surface area contributed by atoms with Crippen molar-refractivity contribution in [1.82, 2.24) is 15.3 Å². The van der Waals surface area contributed by atoms with Gasteiger partial charge in [0.15, 0.2) is 10.9 Å². The van der Waals surface area contributed by atoms with Gasteiger partial charge in [0.25, 0.3) is 0 Å². The largest absolute Gasteiger partial charge is 0.356 e. The van der Waals surface area contributed by atoms with E-state index in [4.69, 9.17) is 4.98 Å². The van der Waals surface area contributed by atoms with Gasteiger partial charge in [-0.1, -0.05) is 6.92 Å². The Kier molecular flexibility index (Phi) is 7.73. The maximum Gasteiger partial charge on any atom is 0.185 e. The molecule has 3 rings (SSSR count). The van der Waals surface area contributed by atoms with E-state index < -0.39 is 0 Å². The molecule has 2 aromatic rings. The number of carbonyl (C=O) groups excluding carboxylic acids is 1. The van der Waals surface area contributed by atoms with Crippen LogP contribution in [0.3, 0.4) is 0 Å². The Morgan fingerprint density at radius 2 is 2.00 bits per heavy atom. The second kappa shape index (κ2) is 8.85. The van der Waals surface area contributed by atoms with Gasteiger partial charge in [0.1, 0.15) is 5.69 Å². The van der Waals surface area contributed by atoms with Crippen LogP contribution < -0.4 is 10.2 Å². The quantitative estimate of drug-likeness (QED) is 0.784. The number of hydrogen-bond acceptors (Lipinski definition) is 5. The van der Waals surface area contributed by atoms with Crippen LogP contribution in [0.15, 0.2) is 5.38 Å². The molecule has 0 spiro atoms. The van der Waals surface area contributed by atoms with Crippen molar-refractivity contribution in [1.29, 1.82) is 0 Å². The predicted molar refractivity (Wildman–Crippen MR) is 106 cm³/mol. The minimum Gasteiger partial charge on any atom is -0.356 e. The molecule has 0 radical (unpaired) electrons. The highest BCUT2D eigenvalue weighted by Crippen LogP contribution is 2.32. The smallest absolute Gasteiger partial charge is 0.185 e. The minimum absolute atomic E-state index is 0. The maximum absolute atomic E-state index is 11.9. The Morgan fingerprint density at radius 3 is 2.58 bits per heavy atom. The van der Waals surface area contributed by atoms with E-state index in [9.17, 15) is 4.79 Å². The number of hydrogen-bond donors (Lipinski definition) is 2. The third-order valence-corrected chi connectivity index (χ3v) is 5.03. The molecule has 134 valence electrons. The summed E-state index contributed by atoms with van der Waals surface area (Å²) in [5.41, 5.74) is 4.81. The first-order chi connectivity index (χ1) is 10.6. The number of halogens is 2. The molecule has 2 N–H and O–H groups in total. The number of Topliss-reactive ketones (excluding diaryl/α,β-unsaturated/α-hetero) is 1. The van der Waals surface area contributed by atoms with Crippen LogP contribution in [0.4, 0.5) is 5.13 Å². The molecule has 3 heterocycles. The van der Waals surface area contributed by atoms with Crippen molar-refractivity contribution in [2.75, 3.05) is 31.1 Å². The lowest BCUT2D eigenvalue weighted by atomic mass is 10.0. The summed E-state index contributed by atoms with van der Waals surface area (Å²) in [6.07, 6.45) is 0.828. The second-order valence-corrected chi connectivity index (χ2v) is 6.48. The minimum atomic E-state index is 0. The summed E-state index contributed by atoms with van der Waals surface area (Å²) >= 11 is 1.68. The second-order valence-electron chi connectivity index (χ2n) is 5.64.